The van der Waals surface area contributed by atoms with E-state index in [1.807, 2.05) is 24.3 Å². The van der Waals surface area contributed by atoms with Gasteiger partial charge in [0.2, 0.25) is 0 Å². The van der Waals surface area contributed by atoms with Gasteiger partial charge in [-0.15, -0.1) is 0 Å². The van der Waals surface area contributed by atoms with Crippen molar-refractivity contribution in [3.05, 3.63) is 104 Å². The van der Waals surface area contributed by atoms with Crippen molar-refractivity contribution in [1.82, 2.24) is 0 Å². The molecular formula is C20H20O6. The van der Waals surface area contributed by atoms with Gasteiger partial charge in [0, 0.05) is 0 Å². The van der Waals surface area contributed by atoms with E-state index >= 15 is 0 Å². The zero-order valence-electron chi connectivity index (χ0n) is 14.2. The van der Waals surface area contributed by atoms with Crippen LogP contribution in [0.4, 0.5) is 0 Å². The molecule has 0 radical (unpaired) electrons. The molecule has 136 valence electrons. The maximum Gasteiger partial charge on any atom is 0.164 e. The lowest BCUT2D eigenvalue weighted by atomic mass is 10.1. The topological polar surface area (TPSA) is 55.4 Å². The first-order valence-electron chi connectivity index (χ1n) is 7.75. The minimum absolute atomic E-state index is 0.209. The molecule has 0 N–H and O–H groups in total. The van der Waals surface area contributed by atoms with Gasteiger partial charge in [0.1, 0.15) is 63.0 Å². The highest BCUT2D eigenvalue weighted by atomic mass is 16.6. The molecule has 6 nitrogen and oxygen atoms in total. The predicted octanol–water partition coefficient (Wildman–Crippen LogP) is 4.67. The third-order valence-corrected chi connectivity index (χ3v) is 2.92. The Kier molecular flexibility index (Phi) is 8.78. The molecule has 0 aliphatic carbocycles. The first-order valence-corrected chi connectivity index (χ1v) is 7.75. The molecule has 0 spiro atoms. The maximum atomic E-state index is 5.65. The summed E-state index contributed by atoms with van der Waals surface area (Å²) in [5.41, 5.74) is 2.10. The SMILES string of the molecule is C=Cc1ccc(COC/C2=C/O/C=C\O/C=C\O/C=C\O/C=C\O2)cc1. The molecule has 1 aromatic carbocycles. The first kappa shape index (κ1) is 19.0. The Hall–Kier alpha value is -3.38. The van der Waals surface area contributed by atoms with Crippen molar-refractivity contribution in [2.24, 2.45) is 0 Å². The number of rotatable bonds is 5. The third kappa shape index (κ3) is 7.94. The van der Waals surface area contributed by atoms with Crippen molar-refractivity contribution in [3.8, 4) is 0 Å². The predicted molar refractivity (Wildman–Crippen MR) is 96.3 cm³/mol. The van der Waals surface area contributed by atoms with Gasteiger partial charge in [-0.3, -0.25) is 0 Å². The van der Waals surface area contributed by atoms with Gasteiger partial charge in [-0.1, -0.05) is 36.9 Å². The van der Waals surface area contributed by atoms with E-state index in [0.29, 0.717) is 12.4 Å². The Morgan fingerprint density at radius 3 is 1.92 bits per heavy atom. The highest BCUT2D eigenvalue weighted by molar-refractivity contribution is 5.47. The molecule has 0 fully saturated rings. The molecule has 0 atom stereocenters. The zero-order valence-corrected chi connectivity index (χ0v) is 14.2. The number of ether oxygens (including phenoxy) is 6. The van der Waals surface area contributed by atoms with Gasteiger partial charge >= 0.3 is 0 Å². The Balaban J connectivity index is 1.87. The lowest BCUT2D eigenvalue weighted by Gasteiger charge is -2.08. The van der Waals surface area contributed by atoms with E-state index in [4.69, 9.17) is 28.4 Å². The van der Waals surface area contributed by atoms with Crippen molar-refractivity contribution in [1.29, 1.82) is 0 Å². The summed E-state index contributed by atoms with van der Waals surface area (Å²) in [6.45, 7) is 4.37. The molecule has 0 unspecified atom stereocenters. The van der Waals surface area contributed by atoms with Crippen molar-refractivity contribution >= 4 is 6.08 Å². The summed E-state index contributed by atoms with van der Waals surface area (Å²) in [4.78, 5) is 0. The monoisotopic (exact) mass is 356 g/mol. The van der Waals surface area contributed by atoms with E-state index in [1.54, 1.807) is 6.08 Å². The van der Waals surface area contributed by atoms with Crippen LogP contribution in [0.1, 0.15) is 11.1 Å². The molecule has 26 heavy (non-hydrogen) atoms. The average molecular weight is 356 g/mol. The maximum absolute atomic E-state index is 5.65. The molecule has 0 amide bonds. The minimum atomic E-state index is 0.209. The Morgan fingerprint density at radius 1 is 0.731 bits per heavy atom. The molecule has 1 aliphatic heterocycles. The third-order valence-electron chi connectivity index (χ3n) is 2.92. The molecule has 1 heterocycles. The van der Waals surface area contributed by atoms with Crippen molar-refractivity contribution < 1.29 is 28.4 Å². The van der Waals surface area contributed by atoms with E-state index in [2.05, 4.69) is 6.58 Å². The molecule has 0 aromatic heterocycles. The second-order valence-electron chi connectivity index (χ2n) is 4.77. The largest absolute Gasteiger partial charge is 0.466 e. The van der Waals surface area contributed by atoms with Gasteiger partial charge < -0.3 is 28.4 Å². The van der Waals surface area contributed by atoms with Crippen molar-refractivity contribution in [2.75, 3.05) is 6.61 Å². The lowest BCUT2D eigenvalue weighted by molar-refractivity contribution is 0.106. The van der Waals surface area contributed by atoms with Crippen LogP contribution >= 0.6 is 0 Å². The number of hydrogen-bond acceptors (Lipinski definition) is 6. The van der Waals surface area contributed by atoms with Crippen LogP contribution in [0.5, 0.6) is 0 Å². The van der Waals surface area contributed by atoms with Crippen LogP contribution in [0.3, 0.4) is 0 Å². The number of benzene rings is 1. The smallest absolute Gasteiger partial charge is 0.164 e. The van der Waals surface area contributed by atoms with Gasteiger partial charge in [0.05, 0.1) is 6.61 Å². The Labute approximate surface area is 152 Å². The van der Waals surface area contributed by atoms with Crippen LogP contribution in [-0.4, -0.2) is 6.61 Å². The van der Waals surface area contributed by atoms with Gasteiger partial charge in [-0.2, -0.15) is 0 Å². The summed E-state index contributed by atoms with van der Waals surface area (Å²) >= 11 is 0. The van der Waals surface area contributed by atoms with Crippen LogP contribution in [0.2, 0.25) is 0 Å². The Bertz CT molecular complexity index is 683. The van der Waals surface area contributed by atoms with Gasteiger partial charge in [0.15, 0.2) is 5.76 Å². The van der Waals surface area contributed by atoms with E-state index in [0.717, 1.165) is 11.1 Å². The van der Waals surface area contributed by atoms with Crippen LogP contribution in [0.15, 0.2) is 93.0 Å². The molecule has 0 bridgehead atoms. The normalized spacial score (nSPS) is 21.3. The second kappa shape index (κ2) is 12.0. The quantitative estimate of drug-likeness (QED) is 0.764. The summed E-state index contributed by atoms with van der Waals surface area (Å²) < 4.78 is 31.2. The van der Waals surface area contributed by atoms with E-state index in [1.165, 1.54) is 56.4 Å². The van der Waals surface area contributed by atoms with Gasteiger partial charge in [-0.05, 0) is 11.1 Å². The fourth-order valence-electron chi connectivity index (χ4n) is 1.71. The van der Waals surface area contributed by atoms with Gasteiger partial charge in [-0.25, -0.2) is 0 Å². The Morgan fingerprint density at radius 2 is 1.31 bits per heavy atom. The highest BCUT2D eigenvalue weighted by Gasteiger charge is 2.00. The minimum Gasteiger partial charge on any atom is -0.466 e. The lowest BCUT2D eigenvalue weighted by Crippen LogP contribution is -2.01. The summed E-state index contributed by atoms with van der Waals surface area (Å²) in [6, 6.07) is 7.92. The fourth-order valence-corrected chi connectivity index (χ4v) is 1.71. The average Bonchev–Trinajstić information content (AvgIpc) is 2.68. The summed E-state index contributed by atoms with van der Waals surface area (Å²) in [7, 11) is 0. The van der Waals surface area contributed by atoms with Crippen LogP contribution in [0, 0.1) is 0 Å². The zero-order chi connectivity index (χ0) is 18.3. The molecule has 1 aromatic rings. The van der Waals surface area contributed by atoms with Crippen molar-refractivity contribution in [3.63, 3.8) is 0 Å². The standard InChI is InChI=1S/C20H20O6/c1-2-18-3-5-19(6-4-18)15-25-17-20-16-24-12-11-22-8-7-21-9-10-23-13-14-26-20/h2-14,16H,1,15,17H2/b8-7-,10-9-,12-11-,14-13-,20-16-. The first-order chi connectivity index (χ1) is 12.9. The van der Waals surface area contributed by atoms with E-state index < -0.39 is 0 Å². The van der Waals surface area contributed by atoms with Crippen LogP contribution in [0.25, 0.3) is 6.08 Å². The summed E-state index contributed by atoms with van der Waals surface area (Å²) in [6.07, 6.45) is 13.9. The van der Waals surface area contributed by atoms with Gasteiger partial charge in [0.25, 0.3) is 0 Å². The molecular weight excluding hydrogens is 336 g/mol. The number of hydrogen-bond donors (Lipinski definition) is 0. The second-order valence-corrected chi connectivity index (χ2v) is 4.77. The molecule has 2 rings (SSSR count). The highest BCUT2D eigenvalue weighted by Crippen LogP contribution is 2.08. The fraction of sp³-hybridized carbons (Fsp3) is 0.100. The van der Waals surface area contributed by atoms with Crippen molar-refractivity contribution in [2.45, 2.75) is 6.61 Å². The molecule has 6 heteroatoms. The molecule has 1 aliphatic rings. The summed E-state index contributed by atoms with van der Waals surface area (Å²) in [5, 5.41) is 0. The summed E-state index contributed by atoms with van der Waals surface area (Å²) in [5.74, 6) is 0.447. The van der Waals surface area contributed by atoms with Crippen LogP contribution in [-0.2, 0) is 35.0 Å². The van der Waals surface area contributed by atoms with Crippen LogP contribution < -0.4 is 0 Å². The molecule has 0 saturated heterocycles. The van der Waals surface area contributed by atoms with E-state index in [9.17, 15) is 0 Å². The van der Waals surface area contributed by atoms with E-state index in [-0.39, 0.29) is 6.61 Å². The molecule has 0 saturated carbocycles.